The highest BCUT2D eigenvalue weighted by Crippen LogP contribution is 2.22. The quantitative estimate of drug-likeness (QED) is 0.790. The maximum atomic E-state index is 13.0. The Balaban J connectivity index is 1.77. The highest BCUT2D eigenvalue weighted by Gasteiger charge is 2.22. The number of nitrogens with zero attached hydrogens (tertiary/aromatic N) is 3. The Morgan fingerprint density at radius 1 is 1.20 bits per heavy atom. The van der Waals surface area contributed by atoms with Gasteiger partial charge in [-0.25, -0.2) is 4.98 Å². The number of thioether (sulfide) groups is 1. The number of hydrogen-bond donors (Lipinski definition) is 0. The van der Waals surface area contributed by atoms with Gasteiger partial charge in [0.2, 0.25) is 5.91 Å². The van der Waals surface area contributed by atoms with Gasteiger partial charge in [0.05, 0.1) is 16.8 Å². The lowest BCUT2D eigenvalue weighted by Gasteiger charge is -2.30. The van der Waals surface area contributed by atoms with Crippen LogP contribution in [0.3, 0.4) is 0 Å². The minimum atomic E-state index is 0.205. The monoisotopic (exact) mass is 359 g/mol. The Kier molecular flexibility index (Phi) is 6.40. The fourth-order valence-corrected chi connectivity index (χ4v) is 4.29. The lowest BCUT2D eigenvalue weighted by atomic mass is 9.96. The minimum absolute atomic E-state index is 0.205. The van der Waals surface area contributed by atoms with Crippen LogP contribution >= 0.6 is 11.8 Å². The SMILES string of the molecule is CSCc1nc2ccccc2n1CC(=O)N(C)C1CCCCCCC1. The van der Waals surface area contributed by atoms with Crippen molar-refractivity contribution in [1.82, 2.24) is 14.5 Å². The largest absolute Gasteiger partial charge is 0.341 e. The molecule has 25 heavy (non-hydrogen) atoms. The Bertz CT molecular complexity index is 704. The molecule has 0 aliphatic heterocycles. The molecule has 2 aromatic rings. The first-order valence-electron chi connectivity index (χ1n) is 9.39. The lowest BCUT2D eigenvalue weighted by molar-refractivity contribution is -0.133. The van der Waals surface area contributed by atoms with Crippen LogP contribution in [0.25, 0.3) is 11.0 Å². The van der Waals surface area contributed by atoms with Gasteiger partial charge in [-0.05, 0) is 31.2 Å². The summed E-state index contributed by atoms with van der Waals surface area (Å²) in [4.78, 5) is 19.7. The molecule has 0 unspecified atom stereocenters. The van der Waals surface area contributed by atoms with Crippen LogP contribution in [0.1, 0.15) is 50.8 Å². The summed E-state index contributed by atoms with van der Waals surface area (Å²) in [5.74, 6) is 2.03. The fourth-order valence-electron chi connectivity index (χ4n) is 3.81. The third kappa shape index (κ3) is 4.38. The van der Waals surface area contributed by atoms with E-state index in [1.54, 1.807) is 11.8 Å². The Morgan fingerprint density at radius 2 is 1.88 bits per heavy atom. The molecule has 1 fully saturated rings. The molecule has 1 aromatic heterocycles. The van der Waals surface area contributed by atoms with Crippen molar-refractivity contribution in [3.63, 3.8) is 0 Å². The molecule has 136 valence electrons. The number of benzene rings is 1. The van der Waals surface area contributed by atoms with Crippen LogP contribution in [0.2, 0.25) is 0 Å². The smallest absolute Gasteiger partial charge is 0.242 e. The van der Waals surface area contributed by atoms with Crippen molar-refractivity contribution in [2.75, 3.05) is 13.3 Å². The van der Waals surface area contributed by atoms with Gasteiger partial charge >= 0.3 is 0 Å². The van der Waals surface area contributed by atoms with Crippen molar-refractivity contribution in [3.05, 3.63) is 30.1 Å². The summed E-state index contributed by atoms with van der Waals surface area (Å²) in [7, 11) is 1.99. The normalized spacial score (nSPS) is 16.6. The van der Waals surface area contributed by atoms with Crippen molar-refractivity contribution in [1.29, 1.82) is 0 Å². The second-order valence-corrected chi connectivity index (χ2v) is 7.91. The third-order valence-electron chi connectivity index (χ3n) is 5.32. The summed E-state index contributed by atoms with van der Waals surface area (Å²) in [6, 6.07) is 8.51. The van der Waals surface area contributed by atoms with Gasteiger partial charge in [-0.3, -0.25) is 4.79 Å². The Labute approximate surface area is 155 Å². The average Bonchev–Trinajstić information content (AvgIpc) is 2.92. The Hall–Kier alpha value is -1.49. The molecular weight excluding hydrogens is 330 g/mol. The number of aromatic nitrogens is 2. The molecule has 1 aliphatic rings. The molecule has 5 heteroatoms. The molecule has 1 saturated carbocycles. The molecule has 3 rings (SSSR count). The van der Waals surface area contributed by atoms with Gasteiger partial charge in [-0.2, -0.15) is 11.8 Å². The summed E-state index contributed by atoms with van der Waals surface area (Å²) in [6.45, 7) is 0.392. The molecule has 0 radical (unpaired) electrons. The van der Waals surface area contributed by atoms with Crippen LogP contribution in [0, 0.1) is 0 Å². The average molecular weight is 360 g/mol. The number of fused-ring (bicyclic) bond motifs is 1. The van der Waals surface area contributed by atoms with E-state index in [1.165, 1.54) is 32.1 Å². The van der Waals surface area contributed by atoms with Crippen molar-refractivity contribution in [3.8, 4) is 0 Å². The van der Waals surface area contributed by atoms with Crippen molar-refractivity contribution in [2.24, 2.45) is 0 Å². The number of amides is 1. The first kappa shape index (κ1) is 18.3. The van der Waals surface area contributed by atoms with E-state index >= 15 is 0 Å². The topological polar surface area (TPSA) is 38.1 Å². The summed E-state index contributed by atoms with van der Waals surface area (Å²) in [5.41, 5.74) is 2.04. The fraction of sp³-hybridized carbons (Fsp3) is 0.600. The van der Waals surface area contributed by atoms with E-state index in [4.69, 9.17) is 4.98 Å². The molecular formula is C20H29N3OS. The number of hydrogen-bond acceptors (Lipinski definition) is 3. The minimum Gasteiger partial charge on any atom is -0.341 e. The summed E-state index contributed by atoms with van der Waals surface area (Å²) in [6.07, 6.45) is 10.8. The first-order valence-corrected chi connectivity index (χ1v) is 10.8. The second kappa shape index (κ2) is 8.75. The highest BCUT2D eigenvalue weighted by atomic mass is 32.2. The van der Waals surface area contributed by atoms with Crippen molar-refractivity contribution < 1.29 is 4.79 Å². The van der Waals surface area contributed by atoms with Crippen LogP contribution < -0.4 is 0 Å². The molecule has 1 amide bonds. The van der Waals surface area contributed by atoms with E-state index in [9.17, 15) is 4.79 Å². The summed E-state index contributed by atoms with van der Waals surface area (Å²) < 4.78 is 2.10. The van der Waals surface area contributed by atoms with Gasteiger partial charge < -0.3 is 9.47 Å². The third-order valence-corrected chi connectivity index (χ3v) is 5.86. The maximum Gasteiger partial charge on any atom is 0.242 e. The van der Waals surface area contributed by atoms with Gasteiger partial charge in [-0.15, -0.1) is 0 Å². The molecule has 0 atom stereocenters. The number of rotatable bonds is 5. The van der Waals surface area contributed by atoms with Gasteiger partial charge in [0.15, 0.2) is 0 Å². The molecule has 1 aromatic carbocycles. The number of carbonyl (C=O) groups excluding carboxylic acids is 1. The molecule has 0 bridgehead atoms. The van der Waals surface area contributed by atoms with E-state index in [0.717, 1.165) is 35.5 Å². The van der Waals surface area contributed by atoms with Gasteiger partial charge in [0.25, 0.3) is 0 Å². The van der Waals surface area contributed by atoms with Crippen LogP contribution in [-0.2, 0) is 17.1 Å². The van der Waals surface area contributed by atoms with Crippen LogP contribution in [0.15, 0.2) is 24.3 Å². The van der Waals surface area contributed by atoms with Crippen LogP contribution in [0.5, 0.6) is 0 Å². The van der Waals surface area contributed by atoms with E-state index < -0.39 is 0 Å². The Morgan fingerprint density at radius 3 is 2.60 bits per heavy atom. The van der Waals surface area contributed by atoms with Gasteiger partial charge in [0.1, 0.15) is 12.4 Å². The predicted octanol–water partition coefficient (Wildman–Crippen LogP) is 4.47. The van der Waals surface area contributed by atoms with E-state index in [2.05, 4.69) is 16.9 Å². The summed E-state index contributed by atoms with van der Waals surface area (Å²) >= 11 is 1.74. The maximum absolute atomic E-state index is 13.0. The molecule has 1 aliphatic carbocycles. The lowest BCUT2D eigenvalue weighted by Crippen LogP contribution is -2.39. The van der Waals surface area contributed by atoms with Crippen LogP contribution in [-0.4, -0.2) is 39.7 Å². The zero-order valence-corrected chi connectivity index (χ0v) is 16.2. The number of carbonyl (C=O) groups is 1. The zero-order chi connectivity index (χ0) is 17.6. The highest BCUT2D eigenvalue weighted by molar-refractivity contribution is 7.97. The second-order valence-electron chi connectivity index (χ2n) is 7.04. The van der Waals surface area contributed by atoms with Crippen LogP contribution in [0.4, 0.5) is 0 Å². The van der Waals surface area contributed by atoms with Gasteiger partial charge in [0, 0.05) is 13.1 Å². The number of likely N-dealkylation sites (N-methyl/N-ethyl adjacent to an activating group) is 1. The van der Waals surface area contributed by atoms with Crippen molar-refractivity contribution >= 4 is 28.7 Å². The van der Waals surface area contributed by atoms with E-state index in [1.807, 2.05) is 30.1 Å². The standard InChI is InChI=1S/C20H29N3OS/c1-22(16-10-6-4-3-5-7-11-16)20(24)14-23-18-13-9-8-12-17(18)21-19(23)15-25-2/h8-9,12-13,16H,3-7,10-11,14-15H2,1-2H3. The van der Waals surface area contributed by atoms with E-state index in [0.29, 0.717) is 12.6 Å². The first-order chi connectivity index (χ1) is 12.2. The van der Waals surface area contributed by atoms with E-state index in [-0.39, 0.29) is 5.91 Å². The number of para-hydroxylation sites is 2. The molecule has 4 nitrogen and oxygen atoms in total. The number of imidazole rings is 1. The molecule has 0 N–H and O–H groups in total. The molecule has 0 saturated heterocycles. The predicted molar refractivity (Wildman–Crippen MR) is 106 cm³/mol. The summed E-state index contributed by atoms with van der Waals surface area (Å²) in [5, 5.41) is 0. The van der Waals surface area contributed by atoms with Crippen molar-refractivity contribution in [2.45, 2.75) is 63.3 Å². The van der Waals surface area contributed by atoms with Gasteiger partial charge in [-0.1, -0.05) is 44.2 Å². The molecule has 0 spiro atoms. The zero-order valence-electron chi connectivity index (χ0n) is 15.4. The molecule has 1 heterocycles.